The van der Waals surface area contributed by atoms with Crippen molar-refractivity contribution in [3.8, 4) is 5.75 Å². The largest absolute Gasteiger partial charge is 0.489 e. The number of rotatable bonds is 13. The van der Waals surface area contributed by atoms with Gasteiger partial charge in [0.25, 0.3) is 0 Å². The van der Waals surface area contributed by atoms with E-state index < -0.39 is 0 Å². The van der Waals surface area contributed by atoms with Gasteiger partial charge in [-0.1, -0.05) is 103 Å². The first-order valence-corrected chi connectivity index (χ1v) is 14.6. The van der Waals surface area contributed by atoms with Gasteiger partial charge >= 0.3 is 5.97 Å². The number of likely N-dealkylation sites (tertiary alicyclic amines) is 1. The molecule has 0 N–H and O–H groups in total. The van der Waals surface area contributed by atoms with E-state index in [1.807, 2.05) is 36.9 Å². The fourth-order valence-corrected chi connectivity index (χ4v) is 5.33. The Morgan fingerprint density at radius 1 is 0.974 bits per heavy atom. The quantitative estimate of drug-likeness (QED) is 0.198. The molecule has 1 fully saturated rings. The Labute approximate surface area is 229 Å². The normalized spacial score (nSPS) is 17.8. The van der Waals surface area contributed by atoms with Crippen molar-refractivity contribution in [1.82, 2.24) is 4.90 Å². The number of amides is 1. The Morgan fingerprint density at radius 2 is 1.74 bits per heavy atom. The molecule has 2 atom stereocenters. The van der Waals surface area contributed by atoms with E-state index in [-0.39, 0.29) is 29.4 Å². The van der Waals surface area contributed by atoms with Crippen LogP contribution in [-0.2, 0) is 26.3 Å². The van der Waals surface area contributed by atoms with E-state index in [1.54, 1.807) is 0 Å². The number of carbonyl (C=O) groups is 2. The molecule has 1 aliphatic rings. The Balaban J connectivity index is 1.95. The molecule has 3 rings (SSSR count). The second kappa shape index (κ2) is 14.4. The van der Waals surface area contributed by atoms with Gasteiger partial charge in [-0.05, 0) is 29.0 Å². The monoisotopic (exact) mass is 521 g/mol. The Kier molecular flexibility index (Phi) is 11.2. The van der Waals surface area contributed by atoms with Crippen molar-refractivity contribution in [3.05, 3.63) is 65.2 Å². The maximum Gasteiger partial charge on any atom is 0.305 e. The Bertz CT molecular complexity index is 1030. The minimum absolute atomic E-state index is 0.0157. The standard InChI is InChI=1S/C33H47NO4/c1-6-9-10-14-20-33(4,5)26-17-18-28(30(22-26)37-24-25-15-12-11-13-16-25)29-23-27(38-32(36)8-3)19-21-34(29)31(35)7-2/h11-13,15-18,22,27,29H,6-10,14,19-21,23-24H2,1-5H3. The highest BCUT2D eigenvalue weighted by atomic mass is 16.5. The van der Waals surface area contributed by atoms with Gasteiger partial charge in [-0.2, -0.15) is 0 Å². The van der Waals surface area contributed by atoms with Crippen molar-refractivity contribution in [3.63, 3.8) is 0 Å². The van der Waals surface area contributed by atoms with Crippen LogP contribution in [0, 0.1) is 0 Å². The van der Waals surface area contributed by atoms with Gasteiger partial charge in [0.15, 0.2) is 0 Å². The summed E-state index contributed by atoms with van der Waals surface area (Å²) in [5.74, 6) is 0.740. The van der Waals surface area contributed by atoms with Crippen molar-refractivity contribution >= 4 is 11.9 Å². The van der Waals surface area contributed by atoms with E-state index in [2.05, 4.69) is 51.1 Å². The van der Waals surface area contributed by atoms with Crippen molar-refractivity contribution in [2.75, 3.05) is 6.54 Å². The van der Waals surface area contributed by atoms with Gasteiger partial charge < -0.3 is 14.4 Å². The zero-order chi connectivity index (χ0) is 27.5. The number of esters is 1. The molecular formula is C33H47NO4. The summed E-state index contributed by atoms with van der Waals surface area (Å²) in [7, 11) is 0. The van der Waals surface area contributed by atoms with Gasteiger partial charge in [0.05, 0.1) is 6.04 Å². The van der Waals surface area contributed by atoms with Gasteiger partial charge in [-0.3, -0.25) is 9.59 Å². The molecule has 0 radical (unpaired) electrons. The van der Waals surface area contributed by atoms with Crippen LogP contribution in [0.5, 0.6) is 5.75 Å². The maximum atomic E-state index is 13.0. The van der Waals surface area contributed by atoms with Crippen LogP contribution in [0.25, 0.3) is 0 Å². The number of nitrogens with zero attached hydrogens (tertiary/aromatic N) is 1. The van der Waals surface area contributed by atoms with Gasteiger partial charge in [-0.15, -0.1) is 0 Å². The Hall–Kier alpha value is -2.82. The third-order valence-corrected chi connectivity index (χ3v) is 7.81. The highest BCUT2D eigenvalue weighted by Crippen LogP contribution is 2.41. The summed E-state index contributed by atoms with van der Waals surface area (Å²) in [6, 6.07) is 16.5. The molecule has 1 saturated heterocycles. The highest BCUT2D eigenvalue weighted by Gasteiger charge is 2.36. The fourth-order valence-electron chi connectivity index (χ4n) is 5.33. The van der Waals surface area contributed by atoms with Crippen LogP contribution in [0.4, 0.5) is 0 Å². The van der Waals surface area contributed by atoms with Crippen molar-refractivity contribution in [2.24, 2.45) is 0 Å². The van der Waals surface area contributed by atoms with E-state index in [0.717, 1.165) is 23.3 Å². The second-order valence-electron chi connectivity index (χ2n) is 11.2. The van der Waals surface area contributed by atoms with Gasteiger partial charge in [0.2, 0.25) is 5.91 Å². The summed E-state index contributed by atoms with van der Waals surface area (Å²) in [4.78, 5) is 27.0. The third-order valence-electron chi connectivity index (χ3n) is 7.81. The summed E-state index contributed by atoms with van der Waals surface area (Å²) in [6.07, 6.45) is 7.91. The first-order valence-electron chi connectivity index (χ1n) is 14.6. The molecule has 208 valence electrons. The van der Waals surface area contributed by atoms with Crippen LogP contribution in [0.15, 0.2) is 48.5 Å². The molecule has 5 nitrogen and oxygen atoms in total. The number of piperidine rings is 1. The lowest BCUT2D eigenvalue weighted by Gasteiger charge is -2.40. The summed E-state index contributed by atoms with van der Waals surface area (Å²) in [6.45, 7) is 11.6. The highest BCUT2D eigenvalue weighted by molar-refractivity contribution is 5.76. The molecule has 0 aromatic heterocycles. The average molecular weight is 522 g/mol. The predicted molar refractivity (Wildman–Crippen MR) is 153 cm³/mol. The summed E-state index contributed by atoms with van der Waals surface area (Å²) in [5.41, 5.74) is 3.36. The molecular weight excluding hydrogens is 474 g/mol. The van der Waals surface area contributed by atoms with E-state index in [9.17, 15) is 9.59 Å². The van der Waals surface area contributed by atoms with Gasteiger partial charge in [0, 0.05) is 37.8 Å². The van der Waals surface area contributed by atoms with E-state index in [4.69, 9.17) is 9.47 Å². The van der Waals surface area contributed by atoms with Gasteiger partial charge in [0.1, 0.15) is 18.5 Å². The molecule has 2 aromatic rings. The SMILES string of the molecule is CCCCCCC(C)(C)c1ccc(C2CC(OC(=O)CC)CCN2C(=O)CC)c(OCc2ccccc2)c1. The van der Waals surface area contributed by atoms with Crippen LogP contribution in [0.1, 0.15) is 115 Å². The lowest BCUT2D eigenvalue weighted by atomic mass is 9.79. The van der Waals surface area contributed by atoms with Crippen molar-refractivity contribution < 1.29 is 19.1 Å². The molecule has 5 heteroatoms. The predicted octanol–water partition coefficient (Wildman–Crippen LogP) is 7.91. The lowest BCUT2D eigenvalue weighted by Crippen LogP contribution is -2.43. The zero-order valence-corrected chi connectivity index (χ0v) is 24.1. The fraction of sp³-hybridized carbons (Fsp3) is 0.576. The average Bonchev–Trinajstić information content (AvgIpc) is 2.94. The topological polar surface area (TPSA) is 55.8 Å². The van der Waals surface area contributed by atoms with Crippen molar-refractivity contribution in [2.45, 2.75) is 117 Å². The second-order valence-corrected chi connectivity index (χ2v) is 11.2. The maximum absolute atomic E-state index is 13.0. The minimum Gasteiger partial charge on any atom is -0.489 e. The number of ether oxygens (including phenoxy) is 2. The number of hydrogen-bond donors (Lipinski definition) is 0. The molecule has 2 unspecified atom stereocenters. The zero-order valence-electron chi connectivity index (χ0n) is 24.1. The lowest BCUT2D eigenvalue weighted by molar-refractivity contribution is -0.153. The van der Waals surface area contributed by atoms with E-state index in [0.29, 0.717) is 38.8 Å². The third kappa shape index (κ3) is 8.09. The molecule has 38 heavy (non-hydrogen) atoms. The smallest absolute Gasteiger partial charge is 0.305 e. The van der Waals surface area contributed by atoms with Crippen LogP contribution < -0.4 is 4.74 Å². The summed E-state index contributed by atoms with van der Waals surface area (Å²) >= 11 is 0. The molecule has 2 aromatic carbocycles. The van der Waals surface area contributed by atoms with Gasteiger partial charge in [-0.25, -0.2) is 0 Å². The van der Waals surface area contributed by atoms with Crippen LogP contribution in [0.3, 0.4) is 0 Å². The van der Waals surface area contributed by atoms with E-state index >= 15 is 0 Å². The molecule has 1 aliphatic heterocycles. The molecule has 1 amide bonds. The van der Waals surface area contributed by atoms with Crippen molar-refractivity contribution in [1.29, 1.82) is 0 Å². The van der Waals surface area contributed by atoms with Crippen LogP contribution in [-0.4, -0.2) is 29.4 Å². The molecule has 0 aliphatic carbocycles. The Morgan fingerprint density at radius 3 is 2.42 bits per heavy atom. The number of carbonyl (C=O) groups excluding carboxylic acids is 2. The number of benzene rings is 2. The molecule has 0 saturated carbocycles. The van der Waals surface area contributed by atoms with Crippen LogP contribution >= 0.6 is 0 Å². The molecule has 1 heterocycles. The summed E-state index contributed by atoms with van der Waals surface area (Å²) < 4.78 is 12.3. The summed E-state index contributed by atoms with van der Waals surface area (Å²) in [5, 5.41) is 0. The number of unbranched alkanes of at least 4 members (excludes halogenated alkanes) is 3. The minimum atomic E-state index is -0.204. The molecule has 0 bridgehead atoms. The van der Waals surface area contributed by atoms with E-state index in [1.165, 1.54) is 31.2 Å². The number of hydrogen-bond acceptors (Lipinski definition) is 4. The molecule has 0 spiro atoms. The first-order chi connectivity index (χ1) is 18.3. The van der Waals surface area contributed by atoms with Crippen LogP contribution in [0.2, 0.25) is 0 Å². The first kappa shape index (κ1) is 29.7.